The smallest absolute Gasteiger partial charge is 0.0810 e. The number of hydrogen-bond acceptors (Lipinski definition) is 2. The largest absolute Gasteiger partial charge is 0.370 e. The summed E-state index contributed by atoms with van der Waals surface area (Å²) in [5, 5.41) is 3.58. The molecule has 2 saturated carbocycles. The summed E-state index contributed by atoms with van der Waals surface area (Å²) in [5.74, 6) is 0. The maximum Gasteiger partial charge on any atom is 0.0810 e. The molecule has 0 bridgehead atoms. The molecule has 2 fully saturated rings. The molecule has 1 N–H and O–H groups in total. The van der Waals surface area contributed by atoms with E-state index < -0.39 is 0 Å². The molecule has 2 aliphatic rings. The monoisotopic (exact) mass is 225 g/mol. The summed E-state index contributed by atoms with van der Waals surface area (Å²) in [7, 11) is 0. The maximum absolute atomic E-state index is 6.45. The normalized spacial score (nSPS) is 25.7. The van der Waals surface area contributed by atoms with Gasteiger partial charge in [0.1, 0.15) is 0 Å². The van der Waals surface area contributed by atoms with Gasteiger partial charge in [-0.2, -0.15) is 0 Å². The maximum atomic E-state index is 6.45. The van der Waals surface area contributed by atoms with Gasteiger partial charge in [-0.1, -0.05) is 39.5 Å². The van der Waals surface area contributed by atoms with Crippen molar-refractivity contribution in [1.82, 2.24) is 5.32 Å². The van der Waals surface area contributed by atoms with E-state index >= 15 is 0 Å². The fourth-order valence-electron chi connectivity index (χ4n) is 3.11. The molecular formula is C14H27NO. The molecule has 0 aromatic rings. The fraction of sp³-hybridized carbons (Fsp3) is 1.00. The first-order valence-electron chi connectivity index (χ1n) is 7.11. The van der Waals surface area contributed by atoms with Crippen LogP contribution in [0.4, 0.5) is 0 Å². The van der Waals surface area contributed by atoms with Crippen molar-refractivity contribution in [3.8, 4) is 0 Å². The second-order valence-corrected chi connectivity index (χ2v) is 5.95. The number of nitrogens with one attached hydrogen (secondary N) is 1. The SMILES string of the molecule is CC(C)NCC1(OC2CCCC2)CCCC1. The van der Waals surface area contributed by atoms with Crippen LogP contribution in [-0.2, 0) is 4.74 Å². The summed E-state index contributed by atoms with van der Waals surface area (Å²) in [4.78, 5) is 0. The van der Waals surface area contributed by atoms with Gasteiger partial charge in [0.25, 0.3) is 0 Å². The van der Waals surface area contributed by atoms with Gasteiger partial charge in [0.15, 0.2) is 0 Å². The van der Waals surface area contributed by atoms with Crippen LogP contribution in [0.25, 0.3) is 0 Å². The van der Waals surface area contributed by atoms with Crippen LogP contribution in [0.15, 0.2) is 0 Å². The fourth-order valence-corrected chi connectivity index (χ4v) is 3.11. The lowest BCUT2D eigenvalue weighted by Crippen LogP contribution is -2.45. The van der Waals surface area contributed by atoms with E-state index in [2.05, 4.69) is 19.2 Å². The molecule has 2 rings (SSSR count). The predicted molar refractivity (Wildman–Crippen MR) is 67.7 cm³/mol. The molecule has 2 heteroatoms. The van der Waals surface area contributed by atoms with E-state index in [0.717, 1.165) is 6.54 Å². The topological polar surface area (TPSA) is 21.3 Å². The van der Waals surface area contributed by atoms with E-state index in [9.17, 15) is 0 Å². The highest BCUT2D eigenvalue weighted by molar-refractivity contribution is 4.90. The van der Waals surface area contributed by atoms with Crippen LogP contribution in [0.5, 0.6) is 0 Å². The molecule has 2 nitrogen and oxygen atoms in total. The zero-order chi connectivity index (χ0) is 11.4. The first-order chi connectivity index (χ1) is 7.70. The van der Waals surface area contributed by atoms with Gasteiger partial charge < -0.3 is 10.1 Å². The van der Waals surface area contributed by atoms with Crippen molar-refractivity contribution in [1.29, 1.82) is 0 Å². The minimum absolute atomic E-state index is 0.180. The third-order valence-corrected chi connectivity index (χ3v) is 4.07. The molecule has 2 aliphatic carbocycles. The molecule has 0 saturated heterocycles. The van der Waals surface area contributed by atoms with Crippen molar-refractivity contribution in [3.63, 3.8) is 0 Å². The van der Waals surface area contributed by atoms with Crippen molar-refractivity contribution < 1.29 is 4.74 Å². The van der Waals surface area contributed by atoms with Crippen LogP contribution >= 0.6 is 0 Å². The van der Waals surface area contributed by atoms with E-state index in [-0.39, 0.29) is 5.60 Å². The van der Waals surface area contributed by atoms with Crippen LogP contribution in [0.3, 0.4) is 0 Å². The van der Waals surface area contributed by atoms with Gasteiger partial charge in [0.2, 0.25) is 0 Å². The lowest BCUT2D eigenvalue weighted by atomic mass is 10.0. The lowest BCUT2D eigenvalue weighted by molar-refractivity contribution is -0.0862. The van der Waals surface area contributed by atoms with E-state index in [1.807, 2.05) is 0 Å². The summed E-state index contributed by atoms with van der Waals surface area (Å²) in [6.45, 7) is 5.50. The third-order valence-electron chi connectivity index (χ3n) is 4.07. The first-order valence-corrected chi connectivity index (χ1v) is 7.11. The van der Waals surface area contributed by atoms with Gasteiger partial charge >= 0.3 is 0 Å². The summed E-state index contributed by atoms with van der Waals surface area (Å²) in [5.41, 5.74) is 0.180. The van der Waals surface area contributed by atoms with Gasteiger partial charge in [-0.3, -0.25) is 0 Å². The molecular weight excluding hydrogens is 198 g/mol. The van der Waals surface area contributed by atoms with E-state index in [1.165, 1.54) is 51.4 Å². The van der Waals surface area contributed by atoms with Gasteiger partial charge in [0, 0.05) is 12.6 Å². The van der Waals surface area contributed by atoms with Crippen LogP contribution < -0.4 is 5.32 Å². The van der Waals surface area contributed by atoms with Crippen LogP contribution in [0, 0.1) is 0 Å². The number of hydrogen-bond donors (Lipinski definition) is 1. The second kappa shape index (κ2) is 5.50. The predicted octanol–water partition coefficient (Wildman–Crippen LogP) is 3.26. The highest BCUT2D eigenvalue weighted by Crippen LogP contribution is 2.36. The second-order valence-electron chi connectivity index (χ2n) is 5.95. The van der Waals surface area contributed by atoms with Crippen LogP contribution in [0.1, 0.15) is 65.2 Å². The summed E-state index contributed by atoms with van der Waals surface area (Å²) in [6.07, 6.45) is 11.1. The van der Waals surface area contributed by atoms with Crippen LogP contribution in [-0.4, -0.2) is 24.3 Å². The van der Waals surface area contributed by atoms with Crippen LogP contribution in [0.2, 0.25) is 0 Å². The average Bonchev–Trinajstić information content (AvgIpc) is 2.88. The standard InChI is InChI=1S/C14H27NO/c1-12(2)15-11-14(9-5-6-10-14)16-13-7-3-4-8-13/h12-13,15H,3-11H2,1-2H3. The average molecular weight is 225 g/mol. The molecule has 0 aromatic carbocycles. The van der Waals surface area contributed by atoms with Gasteiger partial charge in [-0.15, -0.1) is 0 Å². The van der Waals surface area contributed by atoms with E-state index in [4.69, 9.17) is 4.74 Å². The van der Waals surface area contributed by atoms with Gasteiger partial charge in [-0.05, 0) is 25.7 Å². The molecule has 0 heterocycles. The Morgan fingerprint density at radius 2 is 1.75 bits per heavy atom. The number of ether oxygens (including phenoxy) is 1. The van der Waals surface area contributed by atoms with E-state index in [1.54, 1.807) is 0 Å². The Hall–Kier alpha value is -0.0800. The highest BCUT2D eigenvalue weighted by Gasteiger charge is 2.37. The third kappa shape index (κ3) is 3.21. The number of rotatable bonds is 5. The molecule has 0 unspecified atom stereocenters. The zero-order valence-corrected chi connectivity index (χ0v) is 10.9. The molecule has 0 spiro atoms. The molecule has 94 valence electrons. The molecule has 0 amide bonds. The summed E-state index contributed by atoms with van der Waals surface area (Å²) in [6, 6.07) is 0.574. The molecule has 0 aliphatic heterocycles. The quantitative estimate of drug-likeness (QED) is 0.775. The minimum atomic E-state index is 0.180. The molecule has 0 aromatic heterocycles. The highest BCUT2D eigenvalue weighted by atomic mass is 16.5. The van der Waals surface area contributed by atoms with Gasteiger partial charge in [-0.25, -0.2) is 0 Å². The summed E-state index contributed by atoms with van der Waals surface area (Å²) < 4.78 is 6.45. The Morgan fingerprint density at radius 1 is 1.12 bits per heavy atom. The molecule has 0 radical (unpaired) electrons. The summed E-state index contributed by atoms with van der Waals surface area (Å²) >= 11 is 0. The first kappa shape index (κ1) is 12.4. The van der Waals surface area contributed by atoms with E-state index in [0.29, 0.717) is 12.1 Å². The van der Waals surface area contributed by atoms with Gasteiger partial charge in [0.05, 0.1) is 11.7 Å². The Labute approximate surface area is 100 Å². The van der Waals surface area contributed by atoms with Crippen molar-refractivity contribution >= 4 is 0 Å². The lowest BCUT2D eigenvalue weighted by Gasteiger charge is -2.33. The Kier molecular flexibility index (Phi) is 4.26. The Bertz CT molecular complexity index is 203. The zero-order valence-electron chi connectivity index (χ0n) is 10.9. The minimum Gasteiger partial charge on any atom is -0.370 e. The van der Waals surface area contributed by atoms with Crippen molar-refractivity contribution in [3.05, 3.63) is 0 Å². The van der Waals surface area contributed by atoms with Crippen molar-refractivity contribution in [2.75, 3.05) is 6.54 Å². The Balaban J connectivity index is 1.86. The Morgan fingerprint density at radius 3 is 2.31 bits per heavy atom. The van der Waals surface area contributed by atoms with Crippen molar-refractivity contribution in [2.24, 2.45) is 0 Å². The molecule has 0 atom stereocenters. The molecule has 16 heavy (non-hydrogen) atoms. The van der Waals surface area contributed by atoms with Crippen molar-refractivity contribution in [2.45, 2.75) is 83.0 Å².